The van der Waals surface area contributed by atoms with Crippen LogP contribution >= 0.6 is 12.4 Å². The van der Waals surface area contributed by atoms with Crippen LogP contribution in [0, 0.1) is 11.8 Å². The summed E-state index contributed by atoms with van der Waals surface area (Å²) in [6, 6.07) is 8.66. The maximum atomic E-state index is 12.4. The number of hydrogen-bond donors (Lipinski definition) is 2. The molecule has 1 spiro atoms. The normalized spacial score (nSPS) is 27.4. The van der Waals surface area contributed by atoms with Crippen LogP contribution < -0.4 is 11.1 Å². The van der Waals surface area contributed by atoms with Gasteiger partial charge in [0.25, 0.3) is 0 Å². The summed E-state index contributed by atoms with van der Waals surface area (Å²) >= 11 is 0. The number of benzene rings is 1. The van der Waals surface area contributed by atoms with E-state index in [0.29, 0.717) is 19.0 Å². The Morgan fingerprint density at radius 3 is 3.00 bits per heavy atom. The molecule has 1 fully saturated rings. The molecule has 116 valence electrons. The van der Waals surface area contributed by atoms with Crippen molar-refractivity contribution in [2.45, 2.75) is 38.0 Å². The van der Waals surface area contributed by atoms with Crippen LogP contribution in [0.5, 0.6) is 0 Å². The second-order valence-corrected chi connectivity index (χ2v) is 6.51. The molecule has 1 amide bonds. The molecule has 1 aromatic rings. The number of fused-ring (bicyclic) bond motifs is 2. The van der Waals surface area contributed by atoms with Crippen LogP contribution in [0.15, 0.2) is 24.3 Å². The van der Waals surface area contributed by atoms with E-state index in [0.717, 1.165) is 19.3 Å². The Kier molecular flexibility index (Phi) is 4.95. The summed E-state index contributed by atoms with van der Waals surface area (Å²) in [6.45, 7) is 3.39. The molecule has 21 heavy (non-hydrogen) atoms. The minimum atomic E-state index is 0. The van der Waals surface area contributed by atoms with Crippen LogP contribution in [0.4, 0.5) is 0 Å². The van der Waals surface area contributed by atoms with Crippen molar-refractivity contribution in [1.29, 1.82) is 0 Å². The monoisotopic (exact) mass is 308 g/mol. The van der Waals surface area contributed by atoms with Gasteiger partial charge in [-0.3, -0.25) is 4.79 Å². The predicted octanol–water partition coefficient (Wildman–Crippen LogP) is 2.41. The zero-order valence-corrected chi connectivity index (χ0v) is 13.4. The van der Waals surface area contributed by atoms with Crippen LogP contribution in [0.1, 0.15) is 37.3 Å². The SMILES string of the molecule is CC(CN)CNC(=O)C1CC12CCCc1ccccc12.Cl. The quantitative estimate of drug-likeness (QED) is 0.897. The third kappa shape index (κ3) is 2.95. The van der Waals surface area contributed by atoms with Crippen molar-refractivity contribution >= 4 is 18.3 Å². The topological polar surface area (TPSA) is 55.1 Å². The number of amides is 1. The fraction of sp³-hybridized carbons (Fsp3) is 0.588. The summed E-state index contributed by atoms with van der Waals surface area (Å²) in [5.74, 6) is 0.753. The highest BCUT2D eigenvalue weighted by molar-refractivity contribution is 5.85. The largest absolute Gasteiger partial charge is 0.356 e. The van der Waals surface area contributed by atoms with Gasteiger partial charge in [0.1, 0.15) is 0 Å². The Balaban J connectivity index is 0.00000161. The zero-order chi connectivity index (χ0) is 14.2. The molecule has 0 aliphatic heterocycles. The second kappa shape index (κ2) is 6.37. The Morgan fingerprint density at radius 2 is 2.24 bits per heavy atom. The van der Waals surface area contributed by atoms with Gasteiger partial charge in [0.15, 0.2) is 0 Å². The summed E-state index contributed by atoms with van der Waals surface area (Å²) in [4.78, 5) is 12.4. The number of hydrogen-bond acceptors (Lipinski definition) is 2. The van der Waals surface area contributed by atoms with E-state index in [-0.39, 0.29) is 29.6 Å². The molecule has 0 radical (unpaired) electrons. The minimum absolute atomic E-state index is 0. The number of aryl methyl sites for hydroxylation is 1. The average Bonchev–Trinajstić information content (AvgIpc) is 3.20. The molecule has 3 nitrogen and oxygen atoms in total. The maximum Gasteiger partial charge on any atom is 0.224 e. The number of carbonyl (C=O) groups excluding carboxylic acids is 1. The van der Waals surface area contributed by atoms with Crippen molar-refractivity contribution in [2.24, 2.45) is 17.6 Å². The number of nitrogens with two attached hydrogens (primary N) is 1. The Bertz CT molecular complexity index is 519. The number of halogens is 1. The lowest BCUT2D eigenvalue weighted by atomic mass is 9.78. The molecule has 1 aromatic carbocycles. The molecule has 2 aliphatic carbocycles. The molecular formula is C17H25ClN2O. The second-order valence-electron chi connectivity index (χ2n) is 6.51. The van der Waals surface area contributed by atoms with Gasteiger partial charge in [0, 0.05) is 17.9 Å². The lowest BCUT2D eigenvalue weighted by molar-refractivity contribution is -0.123. The minimum Gasteiger partial charge on any atom is -0.356 e. The highest BCUT2D eigenvalue weighted by atomic mass is 35.5. The average molecular weight is 309 g/mol. The molecular weight excluding hydrogens is 284 g/mol. The molecule has 0 saturated heterocycles. The number of rotatable bonds is 4. The van der Waals surface area contributed by atoms with Crippen LogP contribution in [0.3, 0.4) is 0 Å². The van der Waals surface area contributed by atoms with Gasteiger partial charge in [0.2, 0.25) is 5.91 Å². The van der Waals surface area contributed by atoms with Crippen LogP contribution in [-0.4, -0.2) is 19.0 Å². The molecule has 3 unspecified atom stereocenters. The highest BCUT2D eigenvalue weighted by Crippen LogP contribution is 2.60. The summed E-state index contributed by atoms with van der Waals surface area (Å²) in [7, 11) is 0. The summed E-state index contributed by atoms with van der Waals surface area (Å²) in [5.41, 5.74) is 8.62. The number of nitrogens with one attached hydrogen (secondary N) is 1. The third-order valence-electron chi connectivity index (χ3n) is 5.04. The number of carbonyl (C=O) groups is 1. The first-order valence-corrected chi connectivity index (χ1v) is 7.73. The van der Waals surface area contributed by atoms with Gasteiger partial charge in [-0.05, 0) is 49.3 Å². The molecule has 3 atom stereocenters. The summed E-state index contributed by atoms with van der Waals surface area (Å²) < 4.78 is 0. The molecule has 3 rings (SSSR count). The van der Waals surface area contributed by atoms with Gasteiger partial charge >= 0.3 is 0 Å². The van der Waals surface area contributed by atoms with Crippen molar-refractivity contribution < 1.29 is 4.79 Å². The van der Waals surface area contributed by atoms with Crippen molar-refractivity contribution in [3.8, 4) is 0 Å². The molecule has 0 aromatic heterocycles. The Hall–Kier alpha value is -1.06. The Labute approximate surface area is 133 Å². The summed E-state index contributed by atoms with van der Waals surface area (Å²) in [6.07, 6.45) is 4.55. The zero-order valence-electron chi connectivity index (χ0n) is 12.6. The first kappa shape index (κ1) is 16.3. The van der Waals surface area contributed by atoms with E-state index in [4.69, 9.17) is 5.73 Å². The molecule has 0 bridgehead atoms. The molecule has 2 aliphatic rings. The van der Waals surface area contributed by atoms with Crippen molar-refractivity contribution in [2.75, 3.05) is 13.1 Å². The van der Waals surface area contributed by atoms with Crippen molar-refractivity contribution in [3.05, 3.63) is 35.4 Å². The first-order chi connectivity index (χ1) is 9.67. The van der Waals surface area contributed by atoms with E-state index in [1.807, 2.05) is 0 Å². The van der Waals surface area contributed by atoms with Crippen LogP contribution in [0.2, 0.25) is 0 Å². The fourth-order valence-corrected chi connectivity index (χ4v) is 3.66. The van der Waals surface area contributed by atoms with Crippen LogP contribution in [-0.2, 0) is 16.6 Å². The maximum absolute atomic E-state index is 12.4. The van der Waals surface area contributed by atoms with Crippen LogP contribution in [0.25, 0.3) is 0 Å². The van der Waals surface area contributed by atoms with Gasteiger partial charge < -0.3 is 11.1 Å². The molecule has 0 heterocycles. The van der Waals surface area contributed by atoms with E-state index >= 15 is 0 Å². The highest BCUT2D eigenvalue weighted by Gasteiger charge is 2.59. The standard InChI is InChI=1S/C17H24N2O.ClH/c1-12(10-18)11-19-16(20)15-9-17(15)8-4-6-13-5-2-3-7-14(13)17;/h2-3,5,7,12,15H,4,6,8-11,18H2,1H3,(H,19,20);1H. The van der Waals surface area contributed by atoms with Gasteiger partial charge in [-0.2, -0.15) is 0 Å². The fourth-order valence-electron chi connectivity index (χ4n) is 3.66. The molecule has 4 heteroatoms. The predicted molar refractivity (Wildman–Crippen MR) is 87.6 cm³/mol. The van der Waals surface area contributed by atoms with Crippen molar-refractivity contribution in [1.82, 2.24) is 5.32 Å². The van der Waals surface area contributed by atoms with E-state index in [1.165, 1.54) is 17.5 Å². The lowest BCUT2D eigenvalue weighted by Crippen LogP contribution is -2.34. The van der Waals surface area contributed by atoms with Gasteiger partial charge in [-0.1, -0.05) is 31.2 Å². The summed E-state index contributed by atoms with van der Waals surface area (Å²) in [5, 5.41) is 3.08. The van der Waals surface area contributed by atoms with Gasteiger partial charge in [-0.25, -0.2) is 0 Å². The van der Waals surface area contributed by atoms with E-state index in [2.05, 4.69) is 36.5 Å². The lowest BCUT2D eigenvalue weighted by Gasteiger charge is -2.26. The van der Waals surface area contributed by atoms with Gasteiger partial charge in [0.05, 0.1) is 0 Å². The first-order valence-electron chi connectivity index (χ1n) is 7.73. The van der Waals surface area contributed by atoms with E-state index < -0.39 is 0 Å². The molecule has 3 N–H and O–H groups in total. The van der Waals surface area contributed by atoms with Crippen molar-refractivity contribution in [3.63, 3.8) is 0 Å². The third-order valence-corrected chi connectivity index (χ3v) is 5.04. The Morgan fingerprint density at radius 1 is 1.48 bits per heavy atom. The smallest absolute Gasteiger partial charge is 0.224 e. The molecule has 1 saturated carbocycles. The van der Waals surface area contributed by atoms with E-state index in [9.17, 15) is 4.79 Å². The van der Waals surface area contributed by atoms with E-state index in [1.54, 1.807) is 0 Å². The van der Waals surface area contributed by atoms with Gasteiger partial charge in [-0.15, -0.1) is 12.4 Å².